The number of carboxylic acids is 1. The zero-order valence-corrected chi connectivity index (χ0v) is 13.3. The van der Waals surface area contributed by atoms with Crippen LogP contribution in [0.1, 0.15) is 37.0 Å². The molecule has 0 bridgehead atoms. The van der Waals surface area contributed by atoms with E-state index in [-0.39, 0.29) is 37.5 Å². The van der Waals surface area contributed by atoms with E-state index in [2.05, 4.69) is 10.6 Å². The topological polar surface area (TPSA) is 105 Å². The van der Waals surface area contributed by atoms with Crippen molar-refractivity contribution in [3.05, 3.63) is 29.8 Å². The van der Waals surface area contributed by atoms with Gasteiger partial charge in [0, 0.05) is 17.8 Å². The molecule has 126 valence electrons. The lowest BCUT2D eigenvalue weighted by Crippen LogP contribution is -2.26. The molecule has 0 radical (unpaired) electrons. The van der Waals surface area contributed by atoms with E-state index in [0.717, 1.165) is 6.42 Å². The number of hydrogen-bond donors (Lipinski definition) is 3. The molecule has 0 fully saturated rings. The quantitative estimate of drug-likeness (QED) is 0.641. The van der Waals surface area contributed by atoms with Crippen molar-refractivity contribution in [1.82, 2.24) is 5.32 Å². The monoisotopic (exact) mass is 322 g/mol. The number of carbonyl (C=O) groups is 3. The number of aliphatic carboxylic acids is 1. The lowest BCUT2D eigenvalue weighted by Gasteiger charge is -2.11. The summed E-state index contributed by atoms with van der Waals surface area (Å²) in [7, 11) is 0. The maximum Gasteiger partial charge on any atom is 0.305 e. The first kappa shape index (κ1) is 18.6. The fraction of sp³-hybridized carbons (Fsp3) is 0.438. The van der Waals surface area contributed by atoms with Crippen LogP contribution in [0.3, 0.4) is 0 Å². The highest BCUT2D eigenvalue weighted by molar-refractivity contribution is 5.96. The maximum atomic E-state index is 11.8. The molecule has 7 nitrogen and oxygen atoms in total. The molecule has 2 amide bonds. The number of hydrogen-bond acceptors (Lipinski definition) is 4. The fourth-order valence-corrected chi connectivity index (χ4v) is 1.62. The van der Waals surface area contributed by atoms with E-state index >= 15 is 0 Å². The summed E-state index contributed by atoms with van der Waals surface area (Å²) in [5.74, 6) is -1.59. The van der Waals surface area contributed by atoms with Crippen LogP contribution in [0.25, 0.3) is 0 Å². The van der Waals surface area contributed by atoms with E-state index in [1.807, 2.05) is 13.8 Å². The molecular weight excluding hydrogens is 300 g/mol. The molecule has 1 aromatic rings. The van der Waals surface area contributed by atoms with Crippen LogP contribution in [0.2, 0.25) is 0 Å². The predicted octanol–water partition coefficient (Wildman–Crippen LogP) is 1.64. The second-order valence-electron chi connectivity index (χ2n) is 5.06. The molecule has 7 heteroatoms. The Balaban J connectivity index is 2.45. The van der Waals surface area contributed by atoms with Gasteiger partial charge in [0.2, 0.25) is 5.91 Å². The van der Waals surface area contributed by atoms with E-state index in [1.165, 1.54) is 0 Å². The summed E-state index contributed by atoms with van der Waals surface area (Å²) in [6.45, 7) is 3.92. The van der Waals surface area contributed by atoms with E-state index in [9.17, 15) is 14.4 Å². The van der Waals surface area contributed by atoms with Gasteiger partial charge in [-0.3, -0.25) is 14.4 Å². The van der Waals surface area contributed by atoms with Gasteiger partial charge in [0.1, 0.15) is 6.61 Å². The van der Waals surface area contributed by atoms with Crippen LogP contribution in [-0.4, -0.2) is 42.1 Å². The average Bonchev–Trinajstić information content (AvgIpc) is 2.52. The minimum absolute atomic E-state index is 0.0214. The molecule has 1 rings (SSSR count). The van der Waals surface area contributed by atoms with Crippen molar-refractivity contribution >= 4 is 23.5 Å². The second-order valence-corrected chi connectivity index (χ2v) is 5.06. The molecule has 0 aliphatic heterocycles. The zero-order chi connectivity index (χ0) is 17.2. The summed E-state index contributed by atoms with van der Waals surface area (Å²) in [6.07, 6.45) is 0.729. The van der Waals surface area contributed by atoms with E-state index < -0.39 is 5.97 Å². The van der Waals surface area contributed by atoms with Gasteiger partial charge in [-0.25, -0.2) is 0 Å². The molecular formula is C16H22N2O5. The van der Waals surface area contributed by atoms with E-state index in [0.29, 0.717) is 11.3 Å². The summed E-state index contributed by atoms with van der Waals surface area (Å²) in [5.41, 5.74) is 0.953. The molecule has 0 saturated heterocycles. The number of benzene rings is 1. The highest BCUT2D eigenvalue weighted by Crippen LogP contribution is 2.09. The Morgan fingerprint density at radius 3 is 2.43 bits per heavy atom. The molecule has 23 heavy (non-hydrogen) atoms. The lowest BCUT2D eigenvalue weighted by molar-refractivity contribution is -0.136. The van der Waals surface area contributed by atoms with Crippen molar-refractivity contribution in [2.75, 3.05) is 18.5 Å². The molecule has 0 aliphatic rings. The molecule has 1 atom stereocenters. The van der Waals surface area contributed by atoms with Crippen molar-refractivity contribution in [2.45, 2.75) is 32.8 Å². The average molecular weight is 322 g/mol. The molecule has 0 spiro atoms. The van der Waals surface area contributed by atoms with Gasteiger partial charge >= 0.3 is 5.97 Å². The van der Waals surface area contributed by atoms with Crippen molar-refractivity contribution in [3.8, 4) is 0 Å². The van der Waals surface area contributed by atoms with Crippen LogP contribution in [0.15, 0.2) is 24.3 Å². The Kier molecular flexibility index (Phi) is 7.76. The molecule has 3 N–H and O–H groups in total. The lowest BCUT2D eigenvalue weighted by atomic mass is 10.2. The summed E-state index contributed by atoms with van der Waals surface area (Å²) in [6, 6.07) is 6.32. The minimum atomic E-state index is -0.969. The molecule has 0 aromatic heterocycles. The summed E-state index contributed by atoms with van der Waals surface area (Å²) in [5, 5.41) is 13.7. The van der Waals surface area contributed by atoms with Crippen LogP contribution >= 0.6 is 0 Å². The largest absolute Gasteiger partial charge is 0.481 e. The summed E-state index contributed by atoms with van der Waals surface area (Å²) >= 11 is 0. The number of carboxylic acid groups (broad SMARTS) is 1. The van der Waals surface area contributed by atoms with Crippen LogP contribution in [-0.2, 0) is 14.3 Å². The SMILES string of the molecule is CCC(C)OCC(=O)Nc1ccc(C(=O)NCCC(=O)O)cc1. The van der Waals surface area contributed by atoms with Gasteiger partial charge in [-0.05, 0) is 37.6 Å². The highest BCUT2D eigenvalue weighted by Gasteiger charge is 2.08. The van der Waals surface area contributed by atoms with Crippen LogP contribution in [0.5, 0.6) is 0 Å². The Bertz CT molecular complexity index is 542. The second kappa shape index (κ2) is 9.58. The maximum absolute atomic E-state index is 11.8. The predicted molar refractivity (Wildman–Crippen MR) is 85.4 cm³/mol. The first-order valence-electron chi connectivity index (χ1n) is 7.44. The van der Waals surface area contributed by atoms with Crippen LogP contribution in [0, 0.1) is 0 Å². The Morgan fingerprint density at radius 2 is 1.87 bits per heavy atom. The van der Waals surface area contributed by atoms with Crippen molar-refractivity contribution < 1.29 is 24.2 Å². The Labute approximate surface area is 135 Å². The molecule has 1 unspecified atom stereocenters. The number of ether oxygens (including phenoxy) is 1. The minimum Gasteiger partial charge on any atom is -0.481 e. The van der Waals surface area contributed by atoms with Crippen molar-refractivity contribution in [3.63, 3.8) is 0 Å². The highest BCUT2D eigenvalue weighted by atomic mass is 16.5. The van der Waals surface area contributed by atoms with Gasteiger partial charge in [0.15, 0.2) is 0 Å². The van der Waals surface area contributed by atoms with Gasteiger partial charge in [-0.1, -0.05) is 6.92 Å². The third kappa shape index (κ3) is 7.42. The third-order valence-corrected chi connectivity index (χ3v) is 3.13. The van der Waals surface area contributed by atoms with Crippen LogP contribution < -0.4 is 10.6 Å². The summed E-state index contributed by atoms with van der Waals surface area (Å²) < 4.78 is 5.33. The number of rotatable bonds is 9. The molecule has 1 aromatic carbocycles. The Morgan fingerprint density at radius 1 is 1.22 bits per heavy atom. The van der Waals surface area contributed by atoms with Crippen molar-refractivity contribution in [1.29, 1.82) is 0 Å². The number of anilines is 1. The Hall–Kier alpha value is -2.41. The van der Waals surface area contributed by atoms with Gasteiger partial charge in [-0.15, -0.1) is 0 Å². The first-order chi connectivity index (χ1) is 10.9. The smallest absolute Gasteiger partial charge is 0.305 e. The van der Waals surface area contributed by atoms with Crippen LogP contribution in [0.4, 0.5) is 5.69 Å². The zero-order valence-electron chi connectivity index (χ0n) is 13.3. The van der Waals surface area contributed by atoms with Gasteiger partial charge < -0.3 is 20.5 Å². The number of nitrogens with one attached hydrogen (secondary N) is 2. The van der Waals surface area contributed by atoms with Crippen molar-refractivity contribution in [2.24, 2.45) is 0 Å². The first-order valence-corrected chi connectivity index (χ1v) is 7.44. The van der Waals surface area contributed by atoms with E-state index in [4.69, 9.17) is 9.84 Å². The molecule has 0 heterocycles. The third-order valence-electron chi connectivity index (χ3n) is 3.13. The van der Waals surface area contributed by atoms with Gasteiger partial charge in [0.05, 0.1) is 12.5 Å². The normalized spacial score (nSPS) is 11.6. The van der Waals surface area contributed by atoms with Gasteiger partial charge in [0.25, 0.3) is 5.91 Å². The summed E-state index contributed by atoms with van der Waals surface area (Å²) in [4.78, 5) is 33.8. The molecule has 0 saturated carbocycles. The number of carbonyl (C=O) groups excluding carboxylic acids is 2. The number of amides is 2. The standard InChI is InChI=1S/C16H22N2O5/c1-3-11(2)23-10-14(19)18-13-6-4-12(5-7-13)16(22)17-9-8-15(20)21/h4-7,11H,3,8-10H2,1-2H3,(H,17,22)(H,18,19)(H,20,21). The molecule has 0 aliphatic carbocycles. The van der Waals surface area contributed by atoms with Gasteiger partial charge in [-0.2, -0.15) is 0 Å². The van der Waals surface area contributed by atoms with E-state index in [1.54, 1.807) is 24.3 Å². The fourth-order valence-electron chi connectivity index (χ4n) is 1.62.